The molecule has 0 bridgehead atoms. The van der Waals surface area contributed by atoms with E-state index in [4.69, 9.17) is 11.5 Å². The number of rotatable bonds is 2. The van der Waals surface area contributed by atoms with Crippen molar-refractivity contribution < 1.29 is 5.11 Å². The predicted octanol–water partition coefficient (Wildman–Crippen LogP) is 6.22. The van der Waals surface area contributed by atoms with Crippen LogP contribution in [-0.2, 0) is 10.8 Å². The number of anilines is 2. The molecule has 160 valence electrons. The van der Waals surface area contributed by atoms with Gasteiger partial charge in [-0.25, -0.2) is 0 Å². The molecule has 5 N–H and O–H groups in total. The van der Waals surface area contributed by atoms with Gasteiger partial charge < -0.3 is 16.6 Å². The molecule has 3 heteroatoms. The monoisotopic (exact) mass is 420 g/mol. The molecule has 32 heavy (non-hydrogen) atoms. The fourth-order valence-corrected chi connectivity index (χ4v) is 5.03. The Morgan fingerprint density at radius 2 is 1.09 bits per heavy atom. The van der Waals surface area contributed by atoms with Crippen LogP contribution in [0.15, 0.2) is 84.9 Å². The average molecular weight is 421 g/mol. The van der Waals surface area contributed by atoms with Crippen molar-refractivity contribution in [1.29, 1.82) is 0 Å². The number of phenolic OH excluding ortho intramolecular Hbond substituents is 1. The van der Waals surface area contributed by atoms with Crippen LogP contribution in [0.25, 0.3) is 11.1 Å². The van der Waals surface area contributed by atoms with E-state index in [2.05, 4.69) is 63.2 Å². The molecular weight excluding hydrogens is 392 g/mol. The molecule has 1 aliphatic carbocycles. The van der Waals surface area contributed by atoms with E-state index >= 15 is 0 Å². The number of nitrogen functional groups attached to an aromatic ring is 2. The molecular formula is C29H28N2O. The fraction of sp³-hybridized carbons (Fsp3) is 0.172. The predicted molar refractivity (Wildman–Crippen MR) is 133 cm³/mol. The van der Waals surface area contributed by atoms with Gasteiger partial charge in [0, 0.05) is 11.4 Å². The van der Waals surface area contributed by atoms with Gasteiger partial charge in [0.15, 0.2) is 0 Å². The topological polar surface area (TPSA) is 72.3 Å². The summed E-state index contributed by atoms with van der Waals surface area (Å²) < 4.78 is 0. The van der Waals surface area contributed by atoms with Crippen LogP contribution in [0.2, 0.25) is 0 Å². The molecule has 4 aromatic carbocycles. The molecule has 0 aliphatic heterocycles. The summed E-state index contributed by atoms with van der Waals surface area (Å²) in [7, 11) is 0. The summed E-state index contributed by atoms with van der Waals surface area (Å²) in [5.41, 5.74) is 21.0. The lowest BCUT2D eigenvalue weighted by atomic mass is 9.67. The second-order valence-corrected chi connectivity index (χ2v) is 9.73. The van der Waals surface area contributed by atoms with Gasteiger partial charge in [-0.15, -0.1) is 0 Å². The van der Waals surface area contributed by atoms with E-state index in [1.165, 1.54) is 16.7 Å². The molecule has 0 atom stereocenters. The van der Waals surface area contributed by atoms with Gasteiger partial charge in [-0.1, -0.05) is 69.3 Å². The molecule has 5 rings (SSSR count). The minimum Gasteiger partial charge on any atom is -0.508 e. The Balaban J connectivity index is 1.96. The zero-order chi connectivity index (χ0) is 22.7. The van der Waals surface area contributed by atoms with Gasteiger partial charge in [-0.05, 0) is 80.8 Å². The van der Waals surface area contributed by atoms with E-state index < -0.39 is 5.41 Å². The Kier molecular flexibility index (Phi) is 4.35. The SMILES string of the molecule is CC(C)(C)c1ccc2c(c1)C(c1ccc(N)cc1)(c1ccc(N)cc1)c1cc(O)ccc1-2. The lowest BCUT2D eigenvalue weighted by Gasteiger charge is -2.35. The third-order valence-corrected chi connectivity index (χ3v) is 6.67. The molecule has 0 saturated carbocycles. The van der Waals surface area contributed by atoms with E-state index in [0.717, 1.165) is 33.6 Å². The number of hydrogen-bond acceptors (Lipinski definition) is 3. The van der Waals surface area contributed by atoms with E-state index in [1.807, 2.05) is 36.4 Å². The van der Waals surface area contributed by atoms with E-state index in [1.54, 1.807) is 6.07 Å². The number of phenols is 1. The number of aromatic hydroxyl groups is 1. The van der Waals surface area contributed by atoms with Crippen molar-refractivity contribution in [2.45, 2.75) is 31.6 Å². The van der Waals surface area contributed by atoms with Crippen LogP contribution in [-0.4, -0.2) is 5.11 Å². The van der Waals surface area contributed by atoms with Crippen LogP contribution in [0, 0.1) is 0 Å². The van der Waals surface area contributed by atoms with Crippen molar-refractivity contribution in [2.24, 2.45) is 0 Å². The van der Waals surface area contributed by atoms with Crippen molar-refractivity contribution >= 4 is 11.4 Å². The molecule has 0 heterocycles. The molecule has 3 nitrogen and oxygen atoms in total. The summed E-state index contributed by atoms with van der Waals surface area (Å²) >= 11 is 0. The number of hydrogen-bond donors (Lipinski definition) is 3. The minimum atomic E-state index is -0.591. The van der Waals surface area contributed by atoms with Crippen molar-refractivity contribution in [3.63, 3.8) is 0 Å². The van der Waals surface area contributed by atoms with Gasteiger partial charge in [0.2, 0.25) is 0 Å². The summed E-state index contributed by atoms with van der Waals surface area (Å²) in [4.78, 5) is 0. The highest BCUT2D eigenvalue weighted by Crippen LogP contribution is 2.57. The third-order valence-electron chi connectivity index (χ3n) is 6.67. The molecule has 4 aromatic rings. The lowest BCUT2D eigenvalue weighted by molar-refractivity contribution is 0.474. The van der Waals surface area contributed by atoms with Crippen LogP contribution < -0.4 is 11.5 Å². The van der Waals surface area contributed by atoms with E-state index in [0.29, 0.717) is 0 Å². The highest BCUT2D eigenvalue weighted by molar-refractivity contribution is 5.87. The van der Waals surface area contributed by atoms with Gasteiger partial charge in [0.05, 0.1) is 5.41 Å². The van der Waals surface area contributed by atoms with Gasteiger partial charge in [-0.3, -0.25) is 0 Å². The summed E-state index contributed by atoms with van der Waals surface area (Å²) in [5.74, 6) is 0.253. The molecule has 0 radical (unpaired) electrons. The Morgan fingerprint density at radius 3 is 1.59 bits per heavy atom. The smallest absolute Gasteiger partial charge is 0.115 e. The van der Waals surface area contributed by atoms with Gasteiger partial charge in [0.25, 0.3) is 0 Å². The molecule has 1 aliphatic rings. The van der Waals surface area contributed by atoms with Crippen molar-refractivity contribution in [2.75, 3.05) is 11.5 Å². The summed E-state index contributed by atoms with van der Waals surface area (Å²) in [6, 6.07) is 28.6. The van der Waals surface area contributed by atoms with Gasteiger partial charge in [-0.2, -0.15) is 0 Å². The lowest BCUT2D eigenvalue weighted by Crippen LogP contribution is -2.29. The average Bonchev–Trinajstić information content (AvgIpc) is 3.04. The number of nitrogens with two attached hydrogens (primary N) is 2. The molecule has 0 unspecified atom stereocenters. The maximum absolute atomic E-state index is 10.5. The van der Waals surface area contributed by atoms with E-state index in [-0.39, 0.29) is 11.2 Å². The number of benzene rings is 4. The Labute approximate surface area is 189 Å². The zero-order valence-corrected chi connectivity index (χ0v) is 18.7. The zero-order valence-electron chi connectivity index (χ0n) is 18.7. The van der Waals surface area contributed by atoms with Crippen LogP contribution >= 0.6 is 0 Å². The first-order chi connectivity index (χ1) is 15.2. The Hall–Kier alpha value is -3.72. The first-order valence-corrected chi connectivity index (χ1v) is 10.9. The van der Waals surface area contributed by atoms with Crippen LogP contribution in [0.1, 0.15) is 48.6 Å². The Morgan fingerprint density at radius 1 is 0.625 bits per heavy atom. The summed E-state index contributed by atoms with van der Waals surface area (Å²) in [6.45, 7) is 6.70. The van der Waals surface area contributed by atoms with Crippen LogP contribution in [0.4, 0.5) is 11.4 Å². The van der Waals surface area contributed by atoms with Gasteiger partial charge in [0.1, 0.15) is 5.75 Å². The second kappa shape index (κ2) is 6.89. The largest absolute Gasteiger partial charge is 0.508 e. The second-order valence-electron chi connectivity index (χ2n) is 9.73. The molecule has 0 aromatic heterocycles. The molecule has 0 amide bonds. The van der Waals surface area contributed by atoms with Crippen molar-refractivity contribution in [1.82, 2.24) is 0 Å². The standard InChI is InChI=1S/C29H28N2O/c1-28(2,3)20-8-14-24-25-15-13-23(32)17-27(25)29(26(24)16-20,18-4-9-21(30)10-5-18)19-6-11-22(31)12-7-19/h4-17,32H,30-31H2,1-3H3. The molecule has 0 fully saturated rings. The van der Waals surface area contributed by atoms with Crippen LogP contribution in [0.5, 0.6) is 5.75 Å². The Bertz CT molecular complexity index is 1270. The third kappa shape index (κ3) is 2.89. The minimum absolute atomic E-state index is 0.0000839. The van der Waals surface area contributed by atoms with Crippen molar-refractivity contribution in [3.05, 3.63) is 113 Å². The first kappa shape index (κ1) is 20.2. The van der Waals surface area contributed by atoms with E-state index in [9.17, 15) is 5.11 Å². The molecule has 0 spiro atoms. The van der Waals surface area contributed by atoms with Gasteiger partial charge >= 0.3 is 0 Å². The fourth-order valence-electron chi connectivity index (χ4n) is 5.03. The molecule has 0 saturated heterocycles. The quantitative estimate of drug-likeness (QED) is 0.297. The normalized spacial score (nSPS) is 14.1. The highest BCUT2D eigenvalue weighted by atomic mass is 16.3. The highest BCUT2D eigenvalue weighted by Gasteiger charge is 2.46. The maximum atomic E-state index is 10.5. The maximum Gasteiger partial charge on any atom is 0.115 e. The first-order valence-electron chi connectivity index (χ1n) is 10.9. The van der Waals surface area contributed by atoms with Crippen LogP contribution in [0.3, 0.4) is 0 Å². The van der Waals surface area contributed by atoms with Crippen molar-refractivity contribution in [3.8, 4) is 16.9 Å². The number of fused-ring (bicyclic) bond motifs is 3. The summed E-state index contributed by atoms with van der Waals surface area (Å²) in [6.07, 6.45) is 0. The summed E-state index contributed by atoms with van der Waals surface area (Å²) in [5, 5.41) is 10.5.